The molecule has 2 aromatic rings. The summed E-state index contributed by atoms with van der Waals surface area (Å²) in [6, 6.07) is 8.12. The van der Waals surface area contributed by atoms with Crippen LogP contribution in [0.15, 0.2) is 35.5 Å². The van der Waals surface area contributed by atoms with E-state index in [1.165, 1.54) is 10.4 Å². The third-order valence-corrected chi connectivity index (χ3v) is 4.56. The van der Waals surface area contributed by atoms with Crippen molar-refractivity contribution in [2.45, 2.75) is 26.3 Å². The lowest BCUT2D eigenvalue weighted by molar-refractivity contribution is 0.414. The van der Waals surface area contributed by atoms with Crippen LogP contribution in [0.3, 0.4) is 0 Å². The molecular weight excluding hydrogens is 435 g/mol. The van der Waals surface area contributed by atoms with Gasteiger partial charge in [0.2, 0.25) is 0 Å². The molecule has 0 unspecified atom stereocenters. The molecule has 0 radical (unpaired) electrons. The Balaban J connectivity index is 0.00000288. The number of hydrogen-bond donors (Lipinski definition) is 2. The molecule has 1 aromatic carbocycles. The number of hydrogen-bond acceptors (Lipinski definition) is 4. The number of thiazole rings is 1. The summed E-state index contributed by atoms with van der Waals surface area (Å²) in [6.07, 6.45) is 3.89. The number of ether oxygens (including phenoxy) is 1. The van der Waals surface area contributed by atoms with E-state index in [9.17, 15) is 0 Å². The molecule has 0 aliphatic carbocycles. The number of benzene rings is 1. The van der Waals surface area contributed by atoms with Crippen LogP contribution in [-0.4, -0.2) is 31.6 Å². The van der Waals surface area contributed by atoms with E-state index in [0.717, 1.165) is 36.1 Å². The Labute approximate surface area is 165 Å². The standard InChI is InChI=1S/C17H24N4OS.HI/c1-4-15-11-20-16(23-15)12-21-17(18-2)19-9-8-13-6-5-7-14(10-13)22-3;/h5-7,10-11H,4,8-9,12H2,1-3H3,(H2,18,19,21);1H. The lowest BCUT2D eigenvalue weighted by Gasteiger charge is -2.11. The predicted octanol–water partition coefficient (Wildman–Crippen LogP) is 3.24. The molecule has 0 spiro atoms. The minimum Gasteiger partial charge on any atom is -0.497 e. The van der Waals surface area contributed by atoms with Gasteiger partial charge in [0.05, 0.1) is 13.7 Å². The summed E-state index contributed by atoms with van der Waals surface area (Å²) in [5.41, 5.74) is 1.24. The zero-order valence-electron chi connectivity index (χ0n) is 14.3. The first kappa shape index (κ1) is 20.7. The molecule has 0 fully saturated rings. The summed E-state index contributed by atoms with van der Waals surface area (Å²) in [5, 5.41) is 7.70. The average Bonchev–Trinajstić information content (AvgIpc) is 3.06. The van der Waals surface area contributed by atoms with Gasteiger partial charge >= 0.3 is 0 Å². The van der Waals surface area contributed by atoms with Crippen LogP contribution in [0, 0.1) is 0 Å². The molecule has 132 valence electrons. The molecule has 0 aliphatic heterocycles. The van der Waals surface area contributed by atoms with Crippen molar-refractivity contribution in [2.75, 3.05) is 20.7 Å². The van der Waals surface area contributed by atoms with E-state index in [2.05, 4.69) is 39.7 Å². The lowest BCUT2D eigenvalue weighted by Crippen LogP contribution is -2.37. The Hall–Kier alpha value is -1.35. The first-order chi connectivity index (χ1) is 11.2. The number of halogens is 1. The van der Waals surface area contributed by atoms with Crippen LogP contribution < -0.4 is 15.4 Å². The van der Waals surface area contributed by atoms with Crippen molar-refractivity contribution in [1.29, 1.82) is 0 Å². The molecule has 0 amide bonds. The van der Waals surface area contributed by atoms with Gasteiger partial charge in [0.25, 0.3) is 0 Å². The molecule has 7 heteroatoms. The van der Waals surface area contributed by atoms with Crippen molar-refractivity contribution in [3.63, 3.8) is 0 Å². The zero-order valence-corrected chi connectivity index (χ0v) is 17.5. The fourth-order valence-electron chi connectivity index (χ4n) is 2.13. The van der Waals surface area contributed by atoms with E-state index >= 15 is 0 Å². The maximum Gasteiger partial charge on any atom is 0.191 e. The number of nitrogens with zero attached hydrogens (tertiary/aromatic N) is 2. The topological polar surface area (TPSA) is 58.5 Å². The summed E-state index contributed by atoms with van der Waals surface area (Å²) >= 11 is 1.74. The monoisotopic (exact) mass is 460 g/mol. The molecule has 0 bridgehead atoms. The minimum absolute atomic E-state index is 0. The molecule has 0 atom stereocenters. The zero-order chi connectivity index (χ0) is 16.5. The second-order valence-corrected chi connectivity index (χ2v) is 6.23. The molecule has 2 N–H and O–H groups in total. The summed E-state index contributed by atoms with van der Waals surface area (Å²) in [4.78, 5) is 9.95. The van der Waals surface area contributed by atoms with Gasteiger partial charge in [-0.2, -0.15) is 0 Å². The highest BCUT2D eigenvalue weighted by atomic mass is 127. The van der Waals surface area contributed by atoms with Gasteiger partial charge in [-0.15, -0.1) is 35.3 Å². The molecule has 24 heavy (non-hydrogen) atoms. The van der Waals surface area contributed by atoms with E-state index in [1.807, 2.05) is 18.3 Å². The Bertz CT molecular complexity index is 645. The smallest absolute Gasteiger partial charge is 0.191 e. The van der Waals surface area contributed by atoms with Crippen LogP contribution in [0.4, 0.5) is 0 Å². The number of aryl methyl sites for hydroxylation is 1. The minimum atomic E-state index is 0. The van der Waals surface area contributed by atoms with E-state index in [4.69, 9.17) is 4.74 Å². The molecule has 0 aliphatic rings. The summed E-state index contributed by atoms with van der Waals surface area (Å²) in [7, 11) is 3.46. The fourth-order valence-corrected chi connectivity index (χ4v) is 2.93. The van der Waals surface area contributed by atoms with Crippen molar-refractivity contribution in [3.8, 4) is 5.75 Å². The first-order valence-electron chi connectivity index (χ1n) is 7.76. The van der Waals surface area contributed by atoms with Gasteiger partial charge < -0.3 is 15.4 Å². The third kappa shape index (κ3) is 6.64. The summed E-state index contributed by atoms with van der Waals surface area (Å²) in [5.74, 6) is 1.68. The third-order valence-electron chi connectivity index (χ3n) is 3.42. The Morgan fingerprint density at radius 2 is 2.17 bits per heavy atom. The Kier molecular flexibility index (Phi) is 9.70. The van der Waals surface area contributed by atoms with Crippen LogP contribution in [0.5, 0.6) is 5.75 Å². The second-order valence-electron chi connectivity index (χ2n) is 5.03. The van der Waals surface area contributed by atoms with Gasteiger partial charge in [0, 0.05) is 24.7 Å². The van der Waals surface area contributed by atoms with Crippen molar-refractivity contribution >= 4 is 41.3 Å². The molecule has 0 saturated heterocycles. The normalized spacial score (nSPS) is 10.9. The van der Waals surface area contributed by atoms with E-state index in [1.54, 1.807) is 25.5 Å². The van der Waals surface area contributed by atoms with Crippen molar-refractivity contribution < 1.29 is 4.74 Å². The van der Waals surface area contributed by atoms with Crippen LogP contribution in [0.25, 0.3) is 0 Å². The summed E-state index contributed by atoms with van der Waals surface area (Å²) < 4.78 is 5.24. The Morgan fingerprint density at radius 3 is 2.83 bits per heavy atom. The van der Waals surface area contributed by atoms with Gasteiger partial charge in [-0.25, -0.2) is 4.98 Å². The highest BCUT2D eigenvalue weighted by molar-refractivity contribution is 14.0. The van der Waals surface area contributed by atoms with Crippen molar-refractivity contribution in [2.24, 2.45) is 4.99 Å². The number of guanidine groups is 1. The first-order valence-corrected chi connectivity index (χ1v) is 8.57. The number of methoxy groups -OCH3 is 1. The van der Waals surface area contributed by atoms with Crippen LogP contribution in [0.1, 0.15) is 22.4 Å². The van der Waals surface area contributed by atoms with E-state index in [0.29, 0.717) is 6.54 Å². The van der Waals surface area contributed by atoms with Gasteiger partial charge in [-0.3, -0.25) is 4.99 Å². The van der Waals surface area contributed by atoms with Gasteiger partial charge in [-0.05, 0) is 30.5 Å². The summed E-state index contributed by atoms with van der Waals surface area (Å²) in [6.45, 7) is 3.65. The molecule has 1 aromatic heterocycles. The van der Waals surface area contributed by atoms with E-state index < -0.39 is 0 Å². The van der Waals surface area contributed by atoms with Crippen LogP contribution >= 0.6 is 35.3 Å². The van der Waals surface area contributed by atoms with Gasteiger partial charge in [-0.1, -0.05) is 19.1 Å². The largest absolute Gasteiger partial charge is 0.497 e. The van der Waals surface area contributed by atoms with Gasteiger partial charge in [0.15, 0.2) is 5.96 Å². The molecule has 1 heterocycles. The number of aromatic nitrogens is 1. The lowest BCUT2D eigenvalue weighted by atomic mass is 10.1. The highest BCUT2D eigenvalue weighted by Gasteiger charge is 2.03. The Morgan fingerprint density at radius 1 is 1.33 bits per heavy atom. The van der Waals surface area contributed by atoms with Gasteiger partial charge in [0.1, 0.15) is 10.8 Å². The fraction of sp³-hybridized carbons (Fsp3) is 0.412. The number of rotatable bonds is 7. The highest BCUT2D eigenvalue weighted by Crippen LogP contribution is 2.13. The molecular formula is C17H25IN4OS. The SMILES string of the molecule is CCc1cnc(CNC(=NC)NCCc2cccc(OC)c2)s1.I. The quantitative estimate of drug-likeness (QED) is 0.379. The number of aliphatic imine (C=N–C) groups is 1. The molecule has 2 rings (SSSR count). The average molecular weight is 460 g/mol. The van der Waals surface area contributed by atoms with Crippen molar-refractivity contribution in [3.05, 3.63) is 45.9 Å². The van der Waals surface area contributed by atoms with Crippen LogP contribution in [0.2, 0.25) is 0 Å². The maximum absolute atomic E-state index is 5.24. The predicted molar refractivity (Wildman–Crippen MR) is 112 cm³/mol. The number of nitrogens with one attached hydrogen (secondary N) is 2. The maximum atomic E-state index is 5.24. The second kappa shape index (κ2) is 11.2. The molecule has 5 nitrogen and oxygen atoms in total. The van der Waals surface area contributed by atoms with E-state index in [-0.39, 0.29) is 24.0 Å². The van der Waals surface area contributed by atoms with Crippen molar-refractivity contribution in [1.82, 2.24) is 15.6 Å². The molecule has 0 saturated carbocycles. The van der Waals surface area contributed by atoms with Crippen LogP contribution in [-0.2, 0) is 19.4 Å².